The van der Waals surface area contributed by atoms with Crippen molar-refractivity contribution in [3.05, 3.63) is 71.5 Å². The van der Waals surface area contributed by atoms with Gasteiger partial charge in [0.15, 0.2) is 0 Å². The van der Waals surface area contributed by atoms with Crippen LogP contribution < -0.4 is 5.32 Å². The lowest BCUT2D eigenvalue weighted by Gasteiger charge is -2.35. The first-order chi connectivity index (χ1) is 13.5. The number of rotatable bonds is 6. The Morgan fingerprint density at radius 1 is 1.00 bits per heavy atom. The molecular formula is C22H26FN3O2. The summed E-state index contributed by atoms with van der Waals surface area (Å²) in [4.78, 5) is 29.6. The molecule has 0 saturated carbocycles. The Hall–Kier alpha value is -2.73. The zero-order chi connectivity index (χ0) is 19.9. The van der Waals surface area contributed by atoms with Crippen molar-refractivity contribution < 1.29 is 14.0 Å². The van der Waals surface area contributed by atoms with Crippen LogP contribution in [-0.2, 0) is 16.0 Å². The third-order valence-corrected chi connectivity index (χ3v) is 5.05. The number of nitrogens with one attached hydrogen (secondary N) is 1. The number of aryl methyl sites for hydroxylation is 1. The molecule has 1 aliphatic heterocycles. The average Bonchev–Trinajstić information content (AvgIpc) is 2.72. The van der Waals surface area contributed by atoms with Gasteiger partial charge in [0.1, 0.15) is 11.9 Å². The van der Waals surface area contributed by atoms with E-state index >= 15 is 0 Å². The molecule has 0 spiro atoms. The van der Waals surface area contributed by atoms with Gasteiger partial charge in [-0.3, -0.25) is 9.59 Å². The van der Waals surface area contributed by atoms with Crippen molar-refractivity contribution in [3.63, 3.8) is 0 Å². The molecule has 5 nitrogen and oxygen atoms in total. The van der Waals surface area contributed by atoms with Gasteiger partial charge in [0.05, 0.1) is 0 Å². The van der Waals surface area contributed by atoms with Crippen molar-refractivity contribution in [1.82, 2.24) is 15.1 Å². The zero-order valence-electron chi connectivity index (χ0n) is 16.1. The number of benzene rings is 2. The molecule has 0 radical (unpaired) electrons. The van der Waals surface area contributed by atoms with Gasteiger partial charge in [0.25, 0.3) is 0 Å². The first-order valence-electron chi connectivity index (χ1n) is 9.59. The van der Waals surface area contributed by atoms with Crippen LogP contribution in [0.15, 0.2) is 54.6 Å². The fourth-order valence-electron chi connectivity index (χ4n) is 3.28. The van der Waals surface area contributed by atoms with E-state index < -0.39 is 6.04 Å². The molecule has 2 amide bonds. The van der Waals surface area contributed by atoms with Gasteiger partial charge in [-0.2, -0.15) is 0 Å². The molecule has 0 aliphatic carbocycles. The van der Waals surface area contributed by atoms with Gasteiger partial charge >= 0.3 is 0 Å². The summed E-state index contributed by atoms with van der Waals surface area (Å²) in [5.74, 6) is -0.565. The van der Waals surface area contributed by atoms with Crippen LogP contribution in [0.2, 0.25) is 0 Å². The van der Waals surface area contributed by atoms with Gasteiger partial charge in [0.2, 0.25) is 11.8 Å². The predicted octanol–water partition coefficient (Wildman–Crippen LogP) is 2.39. The van der Waals surface area contributed by atoms with Crippen LogP contribution in [0.1, 0.15) is 23.6 Å². The van der Waals surface area contributed by atoms with E-state index in [-0.39, 0.29) is 24.1 Å². The highest BCUT2D eigenvalue weighted by Gasteiger charge is 2.29. The molecule has 1 N–H and O–H groups in total. The number of halogens is 1. The van der Waals surface area contributed by atoms with E-state index in [9.17, 15) is 14.0 Å². The second-order valence-electron chi connectivity index (χ2n) is 7.17. The molecule has 1 saturated heterocycles. The van der Waals surface area contributed by atoms with Crippen LogP contribution in [0.3, 0.4) is 0 Å². The van der Waals surface area contributed by atoms with Crippen molar-refractivity contribution in [2.75, 3.05) is 33.2 Å². The second-order valence-corrected chi connectivity index (χ2v) is 7.17. The van der Waals surface area contributed by atoms with Gasteiger partial charge in [-0.25, -0.2) is 4.39 Å². The Labute approximate surface area is 165 Å². The summed E-state index contributed by atoms with van der Waals surface area (Å²) in [5, 5.41) is 2.91. The lowest BCUT2D eigenvalue weighted by molar-refractivity contribution is -0.138. The molecule has 1 atom stereocenters. The molecule has 1 aliphatic rings. The summed E-state index contributed by atoms with van der Waals surface area (Å²) in [5.41, 5.74) is 1.67. The third kappa shape index (κ3) is 5.39. The number of amides is 2. The number of carbonyl (C=O) groups is 2. The van der Waals surface area contributed by atoms with Crippen LogP contribution in [-0.4, -0.2) is 54.8 Å². The topological polar surface area (TPSA) is 52.6 Å². The van der Waals surface area contributed by atoms with E-state index in [2.05, 4.69) is 10.2 Å². The molecule has 0 bridgehead atoms. The molecule has 1 heterocycles. The van der Waals surface area contributed by atoms with E-state index in [0.717, 1.165) is 24.2 Å². The summed E-state index contributed by atoms with van der Waals surface area (Å²) in [6.45, 7) is 2.96. The highest BCUT2D eigenvalue weighted by molar-refractivity contribution is 5.88. The number of hydrogen-bond donors (Lipinski definition) is 1. The Morgan fingerprint density at radius 2 is 1.64 bits per heavy atom. The van der Waals surface area contributed by atoms with Gasteiger partial charge in [-0.15, -0.1) is 0 Å². The number of nitrogens with zero attached hydrogens (tertiary/aromatic N) is 2. The van der Waals surface area contributed by atoms with Crippen molar-refractivity contribution in [1.29, 1.82) is 0 Å². The fraction of sp³-hybridized carbons (Fsp3) is 0.364. The van der Waals surface area contributed by atoms with E-state index in [1.165, 1.54) is 12.1 Å². The minimum Gasteiger partial charge on any atom is -0.341 e. The smallest absolute Gasteiger partial charge is 0.249 e. The maximum Gasteiger partial charge on any atom is 0.249 e. The van der Waals surface area contributed by atoms with Crippen molar-refractivity contribution in [2.24, 2.45) is 0 Å². The minimum atomic E-state index is -0.690. The van der Waals surface area contributed by atoms with E-state index in [1.807, 2.05) is 42.3 Å². The second kappa shape index (κ2) is 9.46. The summed E-state index contributed by atoms with van der Waals surface area (Å²) in [6.07, 6.45) is 0.737. The lowest BCUT2D eigenvalue weighted by atomic mass is 10.0. The Bertz CT molecular complexity index is 787. The van der Waals surface area contributed by atoms with Crippen LogP contribution in [0.4, 0.5) is 4.39 Å². The van der Waals surface area contributed by atoms with Gasteiger partial charge in [0, 0.05) is 32.6 Å². The summed E-state index contributed by atoms with van der Waals surface area (Å²) in [6, 6.07) is 14.8. The molecule has 2 aromatic carbocycles. The zero-order valence-corrected chi connectivity index (χ0v) is 16.1. The number of carbonyl (C=O) groups excluding carboxylic acids is 2. The van der Waals surface area contributed by atoms with Crippen LogP contribution in [0.5, 0.6) is 0 Å². The summed E-state index contributed by atoms with van der Waals surface area (Å²) in [7, 11) is 2.04. The SMILES string of the molecule is CN1CCN(C(=O)C(NC(=O)CCc2ccc(F)cc2)c2ccccc2)CC1. The molecule has 1 fully saturated rings. The largest absolute Gasteiger partial charge is 0.341 e. The van der Waals surface area contributed by atoms with E-state index in [4.69, 9.17) is 0 Å². The monoisotopic (exact) mass is 383 g/mol. The number of piperazine rings is 1. The van der Waals surface area contributed by atoms with Crippen LogP contribution in [0, 0.1) is 5.82 Å². The van der Waals surface area contributed by atoms with E-state index in [0.29, 0.717) is 19.5 Å². The first kappa shape index (κ1) is 20.0. The highest BCUT2D eigenvalue weighted by atomic mass is 19.1. The fourth-order valence-corrected chi connectivity index (χ4v) is 3.28. The van der Waals surface area contributed by atoms with Crippen LogP contribution in [0.25, 0.3) is 0 Å². The quantitative estimate of drug-likeness (QED) is 0.833. The predicted molar refractivity (Wildman–Crippen MR) is 106 cm³/mol. The standard InChI is InChI=1S/C22H26FN3O2/c1-25-13-15-26(16-14-25)22(28)21(18-5-3-2-4-6-18)24-20(27)12-9-17-7-10-19(23)11-8-17/h2-8,10-11,21H,9,12-16H2,1H3,(H,24,27). The Kier molecular flexibility index (Phi) is 6.76. The maximum atomic E-state index is 13.1. The van der Waals surface area contributed by atoms with Crippen molar-refractivity contribution in [3.8, 4) is 0 Å². The summed E-state index contributed by atoms with van der Waals surface area (Å²) >= 11 is 0. The van der Waals surface area contributed by atoms with Crippen molar-refractivity contribution in [2.45, 2.75) is 18.9 Å². The van der Waals surface area contributed by atoms with Gasteiger partial charge < -0.3 is 15.1 Å². The number of likely N-dealkylation sites (N-methyl/N-ethyl adjacent to an activating group) is 1. The molecule has 28 heavy (non-hydrogen) atoms. The normalized spacial score (nSPS) is 15.9. The molecule has 0 aromatic heterocycles. The first-order valence-corrected chi connectivity index (χ1v) is 9.59. The molecule has 2 aromatic rings. The van der Waals surface area contributed by atoms with Gasteiger partial charge in [-0.05, 0) is 36.7 Å². The molecule has 3 rings (SSSR count). The highest BCUT2D eigenvalue weighted by Crippen LogP contribution is 2.18. The molecule has 1 unspecified atom stereocenters. The Morgan fingerprint density at radius 3 is 2.29 bits per heavy atom. The minimum absolute atomic E-state index is 0.0746. The maximum absolute atomic E-state index is 13.1. The van der Waals surface area contributed by atoms with Gasteiger partial charge in [-0.1, -0.05) is 42.5 Å². The Balaban J connectivity index is 1.66. The summed E-state index contributed by atoms with van der Waals surface area (Å²) < 4.78 is 13.0. The van der Waals surface area contributed by atoms with Crippen molar-refractivity contribution >= 4 is 11.8 Å². The van der Waals surface area contributed by atoms with E-state index in [1.54, 1.807) is 12.1 Å². The van der Waals surface area contributed by atoms with Crippen LogP contribution >= 0.6 is 0 Å². The average molecular weight is 383 g/mol. The molecule has 6 heteroatoms. The lowest BCUT2D eigenvalue weighted by Crippen LogP contribution is -2.51. The number of hydrogen-bond acceptors (Lipinski definition) is 3. The molecule has 148 valence electrons. The third-order valence-electron chi connectivity index (χ3n) is 5.05. The molecular weight excluding hydrogens is 357 g/mol.